The van der Waals surface area contributed by atoms with Gasteiger partial charge in [0.15, 0.2) is 5.03 Å². The zero-order valence-corrected chi connectivity index (χ0v) is 15.3. The van der Waals surface area contributed by atoms with E-state index in [2.05, 4.69) is 32.4 Å². The molecule has 1 aromatic heterocycles. The van der Waals surface area contributed by atoms with E-state index in [9.17, 15) is 18.0 Å². The van der Waals surface area contributed by atoms with Crippen molar-refractivity contribution in [3.63, 3.8) is 0 Å². The summed E-state index contributed by atoms with van der Waals surface area (Å²) in [7, 11) is 0. The van der Waals surface area contributed by atoms with Crippen LogP contribution in [0.4, 0.5) is 18.9 Å². The Morgan fingerprint density at radius 2 is 1.61 bits per heavy atom. The molecule has 1 fully saturated rings. The third-order valence-corrected chi connectivity index (χ3v) is 4.72. The maximum Gasteiger partial charge on any atom is 0.490 e. The van der Waals surface area contributed by atoms with E-state index in [-0.39, 0.29) is 5.69 Å². The smallest absolute Gasteiger partial charge is 0.476 e. The van der Waals surface area contributed by atoms with Crippen LogP contribution in [0.5, 0.6) is 0 Å². The van der Waals surface area contributed by atoms with Gasteiger partial charge in [-0.25, -0.2) is 9.59 Å². The van der Waals surface area contributed by atoms with Crippen LogP contribution in [0.15, 0.2) is 34.2 Å². The molecule has 2 aromatic rings. The first-order valence-corrected chi connectivity index (χ1v) is 8.97. The summed E-state index contributed by atoms with van der Waals surface area (Å²) in [6, 6.07) is 8.15. The lowest BCUT2D eigenvalue weighted by Gasteiger charge is -2.28. The molecule has 0 aliphatic carbocycles. The Hall–Kier alpha value is -2.76. The number of carboxylic acid groups (broad SMARTS) is 2. The Balaban J connectivity index is 0.000000345. The van der Waals surface area contributed by atoms with Gasteiger partial charge in [0.1, 0.15) is 0 Å². The molecule has 0 bridgehead atoms. The van der Waals surface area contributed by atoms with Crippen LogP contribution in [0.1, 0.15) is 29.8 Å². The predicted molar refractivity (Wildman–Crippen MR) is 93.7 cm³/mol. The summed E-state index contributed by atoms with van der Waals surface area (Å²) in [5, 5.41) is 26.4. The molecule has 0 radical (unpaired) electrons. The van der Waals surface area contributed by atoms with Crippen molar-refractivity contribution >= 4 is 29.4 Å². The molecule has 1 aliphatic heterocycles. The summed E-state index contributed by atoms with van der Waals surface area (Å²) in [6.07, 6.45) is -1.27. The normalized spacial score (nSPS) is 14.2. The van der Waals surface area contributed by atoms with E-state index in [1.807, 2.05) is 12.1 Å². The first kappa shape index (κ1) is 21.5. The summed E-state index contributed by atoms with van der Waals surface area (Å²) >= 11 is 1.30. The average molecular weight is 418 g/mol. The highest BCUT2D eigenvalue weighted by atomic mass is 32.2. The molecule has 3 rings (SSSR count). The monoisotopic (exact) mass is 418 g/mol. The number of nitrogens with one attached hydrogen (secondary N) is 1. The largest absolute Gasteiger partial charge is 0.490 e. The number of piperidine rings is 1. The fraction of sp³-hybridized carbons (Fsp3) is 0.375. The standard InChI is InChI=1S/C14H16N4O2S.C2HF3O2/c19-14(20)12-13(16-17-15-12)21-11-6-4-10(5-7-11)18-8-2-1-3-9-18;3-2(4,5)1(6)7/h4-7H,1-3,8-9H2,(H,19,20)(H,15,16,17);(H,6,7). The van der Waals surface area contributed by atoms with Gasteiger partial charge in [-0.05, 0) is 43.5 Å². The number of aliphatic carboxylic acids is 1. The number of carboxylic acids is 2. The van der Waals surface area contributed by atoms with Crippen molar-refractivity contribution in [1.29, 1.82) is 0 Å². The molecule has 3 N–H and O–H groups in total. The van der Waals surface area contributed by atoms with Gasteiger partial charge in [0.05, 0.1) is 0 Å². The number of hydrogen-bond donors (Lipinski definition) is 3. The van der Waals surface area contributed by atoms with Crippen LogP contribution in [0.25, 0.3) is 0 Å². The molecule has 0 unspecified atom stereocenters. The van der Waals surface area contributed by atoms with Gasteiger partial charge in [-0.3, -0.25) is 0 Å². The van der Waals surface area contributed by atoms with Crippen LogP contribution in [-0.2, 0) is 4.79 Å². The predicted octanol–water partition coefficient (Wildman–Crippen LogP) is 3.28. The van der Waals surface area contributed by atoms with E-state index >= 15 is 0 Å². The third-order valence-electron chi connectivity index (χ3n) is 3.73. The molecule has 0 saturated carbocycles. The average Bonchev–Trinajstić information content (AvgIpc) is 3.11. The number of rotatable bonds is 4. The highest BCUT2D eigenvalue weighted by Gasteiger charge is 2.38. The number of anilines is 1. The van der Waals surface area contributed by atoms with Crippen molar-refractivity contribution < 1.29 is 33.0 Å². The van der Waals surface area contributed by atoms with Gasteiger partial charge in [0, 0.05) is 23.7 Å². The molecule has 0 spiro atoms. The maximum absolute atomic E-state index is 11.0. The lowest BCUT2D eigenvalue weighted by atomic mass is 10.1. The highest BCUT2D eigenvalue weighted by Crippen LogP contribution is 2.30. The number of hydrogen-bond acceptors (Lipinski definition) is 6. The number of aromatic nitrogens is 3. The van der Waals surface area contributed by atoms with Gasteiger partial charge < -0.3 is 15.1 Å². The summed E-state index contributed by atoms with van der Waals surface area (Å²) < 4.78 is 31.7. The molecule has 8 nitrogen and oxygen atoms in total. The maximum atomic E-state index is 11.0. The first-order chi connectivity index (χ1) is 13.2. The van der Waals surface area contributed by atoms with Gasteiger partial charge in [-0.15, -0.1) is 10.2 Å². The quantitative estimate of drug-likeness (QED) is 0.692. The molecule has 1 aliphatic rings. The van der Waals surface area contributed by atoms with Crippen LogP contribution in [0.3, 0.4) is 0 Å². The van der Waals surface area contributed by atoms with Crippen molar-refractivity contribution in [2.75, 3.05) is 18.0 Å². The third kappa shape index (κ3) is 6.15. The van der Waals surface area contributed by atoms with Crippen molar-refractivity contribution in [3.05, 3.63) is 30.0 Å². The van der Waals surface area contributed by atoms with Gasteiger partial charge in [0.25, 0.3) is 0 Å². The summed E-state index contributed by atoms with van der Waals surface area (Å²) in [6.45, 7) is 2.22. The fourth-order valence-corrected chi connectivity index (χ4v) is 3.23. The number of aromatic carboxylic acids is 1. The summed E-state index contributed by atoms with van der Waals surface area (Å²) in [5.41, 5.74) is 1.18. The molecule has 0 atom stereocenters. The van der Waals surface area contributed by atoms with E-state index in [0.717, 1.165) is 18.0 Å². The summed E-state index contributed by atoms with van der Waals surface area (Å²) in [5.74, 6) is -3.83. The van der Waals surface area contributed by atoms with Crippen LogP contribution in [-0.4, -0.2) is 56.8 Å². The number of alkyl halides is 3. The zero-order valence-electron chi connectivity index (χ0n) is 14.4. The van der Waals surface area contributed by atoms with E-state index < -0.39 is 18.1 Å². The Bertz CT molecular complexity index is 805. The van der Waals surface area contributed by atoms with Crippen molar-refractivity contribution in [1.82, 2.24) is 15.4 Å². The second-order valence-electron chi connectivity index (χ2n) is 5.73. The second-order valence-corrected chi connectivity index (χ2v) is 6.79. The van der Waals surface area contributed by atoms with Gasteiger partial charge in [-0.2, -0.15) is 18.4 Å². The molecule has 12 heteroatoms. The number of carbonyl (C=O) groups is 2. The van der Waals surface area contributed by atoms with Crippen LogP contribution < -0.4 is 4.90 Å². The Morgan fingerprint density at radius 3 is 2.11 bits per heavy atom. The minimum absolute atomic E-state index is 0.0416. The molecule has 2 heterocycles. The molecule has 152 valence electrons. The Kier molecular flexibility index (Phi) is 7.26. The lowest BCUT2D eigenvalue weighted by Crippen LogP contribution is -2.29. The van der Waals surface area contributed by atoms with E-state index in [0.29, 0.717) is 5.03 Å². The van der Waals surface area contributed by atoms with Crippen LogP contribution in [0, 0.1) is 0 Å². The topological polar surface area (TPSA) is 119 Å². The minimum Gasteiger partial charge on any atom is -0.476 e. The number of benzene rings is 1. The lowest BCUT2D eigenvalue weighted by molar-refractivity contribution is -0.192. The zero-order chi connectivity index (χ0) is 20.7. The van der Waals surface area contributed by atoms with Crippen LogP contribution in [0.2, 0.25) is 0 Å². The number of nitrogens with zero attached hydrogens (tertiary/aromatic N) is 3. The van der Waals surface area contributed by atoms with Crippen LogP contribution >= 0.6 is 11.8 Å². The van der Waals surface area contributed by atoms with Gasteiger partial charge in [-0.1, -0.05) is 11.8 Å². The Labute approximate surface area is 161 Å². The van der Waals surface area contributed by atoms with E-state index in [1.165, 1.54) is 36.7 Å². The second kappa shape index (κ2) is 9.44. The summed E-state index contributed by atoms with van der Waals surface area (Å²) in [4.78, 5) is 23.2. The van der Waals surface area contributed by atoms with E-state index in [1.54, 1.807) is 0 Å². The van der Waals surface area contributed by atoms with Crippen molar-refractivity contribution in [2.45, 2.75) is 35.4 Å². The van der Waals surface area contributed by atoms with Crippen molar-refractivity contribution in [2.24, 2.45) is 0 Å². The molecule has 1 saturated heterocycles. The minimum atomic E-state index is -5.08. The molecule has 0 amide bonds. The van der Waals surface area contributed by atoms with E-state index in [4.69, 9.17) is 15.0 Å². The number of H-pyrrole nitrogens is 1. The van der Waals surface area contributed by atoms with Gasteiger partial charge >= 0.3 is 18.1 Å². The van der Waals surface area contributed by atoms with Crippen molar-refractivity contribution in [3.8, 4) is 0 Å². The molecule has 1 aromatic carbocycles. The molecule has 28 heavy (non-hydrogen) atoms. The SMILES string of the molecule is O=C(O)C(F)(F)F.O=C(O)c1n[nH]nc1Sc1ccc(N2CCCCC2)cc1. The number of halogens is 3. The highest BCUT2D eigenvalue weighted by molar-refractivity contribution is 7.99. The first-order valence-electron chi connectivity index (χ1n) is 8.15. The number of aromatic amines is 1. The fourth-order valence-electron chi connectivity index (χ4n) is 2.42. The Morgan fingerprint density at radius 1 is 1.04 bits per heavy atom. The molecular formula is C16H17F3N4O4S. The van der Waals surface area contributed by atoms with Gasteiger partial charge in [0.2, 0.25) is 5.69 Å². The molecular weight excluding hydrogens is 401 g/mol.